The van der Waals surface area contributed by atoms with Crippen LogP contribution in [0.4, 0.5) is 21.6 Å². The zero-order valence-electron chi connectivity index (χ0n) is 39.0. The predicted octanol–water partition coefficient (Wildman–Crippen LogP) is 9.86. The number of aromatic amines is 1. The first-order valence-corrected chi connectivity index (χ1v) is 25.8. The Morgan fingerprint density at radius 3 is 2.49 bits per heavy atom. The van der Waals surface area contributed by atoms with Crippen molar-refractivity contribution in [2.45, 2.75) is 132 Å². The Kier molecular flexibility index (Phi) is 12.2. The topological polar surface area (TPSA) is 196 Å². The second kappa shape index (κ2) is 18.0. The van der Waals surface area contributed by atoms with Gasteiger partial charge in [-0.25, -0.2) is 27.5 Å². The molecule has 3 aliphatic carbocycles. The maximum absolute atomic E-state index is 15.0. The molecule has 5 fully saturated rings. The number of amides is 1. The van der Waals surface area contributed by atoms with Crippen molar-refractivity contribution in [3.05, 3.63) is 105 Å². The van der Waals surface area contributed by atoms with Crippen molar-refractivity contribution in [2.24, 2.45) is 11.3 Å². The molecule has 17 heteroatoms. The van der Waals surface area contributed by atoms with Gasteiger partial charge in [-0.1, -0.05) is 38.1 Å². The lowest BCUT2D eigenvalue weighted by Gasteiger charge is -2.56. The standard InChI is InChI=1S/C51H61FN8O7S/c1-31(2)37-7-4-5-8-38(37)42-9-6-20-59(42)35-26-51(27-35)18-21-58(22-19-51)34-12-13-39(44(23-34)67-45-25-40-41(52)30-55-47(40)56-46(45)33-10-11-33)49(61)57-68(65,66)36-24-43(60(63)64)48(54-29-36)53-28-32-14-16-50(3,62)17-15-32/h4-5,7-8,12-13,23-25,29-33,35,42,62H,6,9-11,14-22,26-28H2,1-3H3,(H,53,54)(H,55,56)(H,57,61)/t32?,42-,50?/m0/s1. The van der Waals surface area contributed by atoms with Crippen LogP contribution in [0.2, 0.25) is 0 Å². The van der Waals surface area contributed by atoms with E-state index in [4.69, 9.17) is 9.72 Å². The van der Waals surface area contributed by atoms with Gasteiger partial charge in [-0.15, -0.1) is 0 Å². The molecule has 5 aromatic rings. The number of halogens is 1. The second-order valence-corrected chi connectivity index (χ2v) is 22.4. The largest absolute Gasteiger partial charge is 0.454 e. The number of H-pyrrole nitrogens is 1. The second-order valence-electron chi connectivity index (χ2n) is 20.7. The van der Waals surface area contributed by atoms with Crippen LogP contribution >= 0.6 is 0 Å². The zero-order valence-corrected chi connectivity index (χ0v) is 39.8. The number of anilines is 2. The third-order valence-electron chi connectivity index (χ3n) is 15.6. The number of fused-ring (bicyclic) bond motifs is 1. The highest BCUT2D eigenvalue weighted by atomic mass is 32.2. The lowest BCUT2D eigenvalue weighted by atomic mass is 9.59. The van der Waals surface area contributed by atoms with Gasteiger partial charge in [0.1, 0.15) is 27.9 Å². The van der Waals surface area contributed by atoms with Crippen molar-refractivity contribution in [2.75, 3.05) is 36.4 Å². The summed E-state index contributed by atoms with van der Waals surface area (Å²) in [5, 5.41) is 25.7. The number of likely N-dealkylation sites (tertiary alicyclic amines) is 1. The molecule has 2 saturated heterocycles. The van der Waals surface area contributed by atoms with Crippen molar-refractivity contribution >= 4 is 44.2 Å². The van der Waals surface area contributed by atoms with Gasteiger partial charge >= 0.3 is 5.69 Å². The molecule has 5 aliphatic rings. The average molecular weight is 949 g/mol. The van der Waals surface area contributed by atoms with E-state index >= 15 is 0 Å². The summed E-state index contributed by atoms with van der Waals surface area (Å²) >= 11 is 0. The number of aromatic nitrogens is 3. The minimum Gasteiger partial charge on any atom is -0.454 e. The van der Waals surface area contributed by atoms with Crippen LogP contribution in [0, 0.1) is 27.3 Å². The quantitative estimate of drug-likeness (QED) is 0.0609. The number of piperidine rings is 1. The lowest BCUT2D eigenvalue weighted by molar-refractivity contribution is -0.384. The summed E-state index contributed by atoms with van der Waals surface area (Å²) < 4.78 is 51.3. The van der Waals surface area contributed by atoms with Gasteiger partial charge in [0.2, 0.25) is 5.82 Å². The van der Waals surface area contributed by atoms with Gasteiger partial charge in [0.25, 0.3) is 15.9 Å². The van der Waals surface area contributed by atoms with Crippen LogP contribution in [0.25, 0.3) is 11.0 Å². The Bertz CT molecular complexity index is 2840. The zero-order chi connectivity index (χ0) is 47.5. The van der Waals surface area contributed by atoms with Crippen LogP contribution in [0.3, 0.4) is 0 Å². The van der Waals surface area contributed by atoms with Crippen molar-refractivity contribution in [3.63, 3.8) is 0 Å². The molecule has 0 bridgehead atoms. The Morgan fingerprint density at radius 2 is 1.76 bits per heavy atom. The molecule has 0 unspecified atom stereocenters. The number of nitrogens with one attached hydrogen (secondary N) is 3. The van der Waals surface area contributed by atoms with E-state index < -0.39 is 42.9 Å². The highest BCUT2D eigenvalue weighted by Crippen LogP contribution is 2.54. The molecular weight excluding hydrogens is 888 g/mol. The summed E-state index contributed by atoms with van der Waals surface area (Å²) in [6.45, 7) is 9.42. The molecule has 0 radical (unpaired) electrons. The summed E-state index contributed by atoms with van der Waals surface area (Å²) in [5.41, 5.74) is 3.58. The number of hydrogen-bond donors (Lipinski definition) is 4. The number of aliphatic hydroxyl groups is 1. The van der Waals surface area contributed by atoms with E-state index in [0.29, 0.717) is 48.7 Å². The fourth-order valence-corrected chi connectivity index (χ4v) is 12.3. The van der Waals surface area contributed by atoms with Crippen LogP contribution in [-0.2, 0) is 10.0 Å². The van der Waals surface area contributed by atoms with Crippen LogP contribution in [-0.4, -0.2) is 82.0 Å². The molecule has 3 aromatic heterocycles. The molecule has 4 N–H and O–H groups in total. The molecule has 2 aliphatic heterocycles. The molecule has 5 heterocycles. The number of sulfonamides is 1. The van der Waals surface area contributed by atoms with Gasteiger partial charge in [-0.05, 0) is 137 Å². The van der Waals surface area contributed by atoms with E-state index in [9.17, 15) is 32.8 Å². The van der Waals surface area contributed by atoms with Gasteiger partial charge in [-0.2, -0.15) is 0 Å². The molecule has 1 amide bonds. The molecule has 1 atom stereocenters. The van der Waals surface area contributed by atoms with Crippen LogP contribution in [0.5, 0.6) is 11.5 Å². The third-order valence-corrected chi connectivity index (χ3v) is 16.9. The number of benzene rings is 2. The van der Waals surface area contributed by atoms with Gasteiger partial charge in [0.15, 0.2) is 0 Å². The number of ether oxygens (including phenoxy) is 1. The van der Waals surface area contributed by atoms with Crippen LogP contribution < -0.4 is 19.7 Å². The van der Waals surface area contributed by atoms with E-state index in [2.05, 4.69) is 67.9 Å². The summed E-state index contributed by atoms with van der Waals surface area (Å²) in [6.07, 6.45) is 13.4. The highest BCUT2D eigenvalue weighted by molar-refractivity contribution is 7.90. The Morgan fingerprint density at radius 1 is 1.01 bits per heavy atom. The van der Waals surface area contributed by atoms with Gasteiger partial charge in [0, 0.05) is 61.7 Å². The molecule has 3 saturated carbocycles. The van der Waals surface area contributed by atoms with Gasteiger partial charge < -0.3 is 25.0 Å². The maximum Gasteiger partial charge on any atom is 0.312 e. The Balaban J connectivity index is 0.874. The first-order valence-electron chi connectivity index (χ1n) is 24.3. The van der Waals surface area contributed by atoms with E-state index in [-0.39, 0.29) is 45.5 Å². The molecule has 15 nitrogen and oxygen atoms in total. The van der Waals surface area contributed by atoms with Crippen LogP contribution in [0.1, 0.15) is 143 Å². The molecule has 360 valence electrons. The summed E-state index contributed by atoms with van der Waals surface area (Å²) in [7, 11) is -4.69. The monoisotopic (exact) mass is 948 g/mol. The SMILES string of the molecule is CC(C)c1ccccc1[C@@H]1CCCN1C1CC2(CCN(c3ccc(C(=O)NS(=O)(=O)c4cnc(NCC5CCC(C)(O)CC5)c([N+](=O)[O-])c4)c(Oc4cc5c(F)c[nH]c5nc4C4CC4)c3)CC2)C1. The Labute approximate surface area is 396 Å². The van der Waals surface area contributed by atoms with Gasteiger partial charge in [-0.3, -0.25) is 19.8 Å². The third kappa shape index (κ3) is 9.28. The number of hydrogen-bond acceptors (Lipinski definition) is 12. The predicted molar refractivity (Wildman–Crippen MR) is 257 cm³/mol. The first-order chi connectivity index (χ1) is 32.6. The summed E-state index contributed by atoms with van der Waals surface area (Å²) in [4.78, 5) is 41.8. The Hall–Kier alpha value is -5.65. The summed E-state index contributed by atoms with van der Waals surface area (Å²) in [6, 6.07) is 17.5. The fourth-order valence-electron chi connectivity index (χ4n) is 11.4. The van der Waals surface area contributed by atoms with Crippen LogP contribution in [0.15, 0.2) is 71.9 Å². The normalized spacial score (nSPS) is 23.2. The summed E-state index contributed by atoms with van der Waals surface area (Å²) in [5.74, 6) is -0.591. The van der Waals surface area contributed by atoms with E-state index in [1.807, 2.05) is 0 Å². The number of pyridine rings is 2. The van der Waals surface area contributed by atoms with Crippen molar-refractivity contribution in [3.8, 4) is 11.5 Å². The molecule has 1 spiro atoms. The lowest BCUT2D eigenvalue weighted by Crippen LogP contribution is -2.54. The maximum atomic E-state index is 15.0. The van der Waals surface area contributed by atoms with E-state index in [0.717, 1.165) is 76.1 Å². The minimum absolute atomic E-state index is 0.0628. The minimum atomic E-state index is -4.69. The number of nitro groups is 1. The molecule has 10 rings (SSSR count). The number of nitrogens with zero attached hydrogens (tertiary/aromatic N) is 5. The van der Waals surface area contributed by atoms with Crippen molar-refractivity contribution in [1.82, 2.24) is 24.6 Å². The number of carbonyl (C=O) groups excluding carboxylic acids is 1. The molecular formula is C51H61FN8O7S. The van der Waals surface area contributed by atoms with Crippen molar-refractivity contribution in [1.29, 1.82) is 0 Å². The fraction of sp³-hybridized carbons (Fsp3) is 0.510. The van der Waals surface area contributed by atoms with E-state index in [1.54, 1.807) is 25.1 Å². The van der Waals surface area contributed by atoms with E-state index in [1.165, 1.54) is 49.1 Å². The van der Waals surface area contributed by atoms with Crippen molar-refractivity contribution < 1.29 is 32.4 Å². The molecule has 2 aromatic carbocycles. The first kappa shape index (κ1) is 46.1. The smallest absolute Gasteiger partial charge is 0.312 e. The number of carbonyl (C=O) groups is 1. The highest BCUT2D eigenvalue weighted by Gasteiger charge is 2.50. The number of rotatable bonds is 14. The molecule has 68 heavy (non-hydrogen) atoms. The van der Waals surface area contributed by atoms with Gasteiger partial charge in [0.05, 0.1) is 33.4 Å². The average Bonchev–Trinajstić information content (AvgIpc) is 3.93.